The van der Waals surface area contributed by atoms with Crippen LogP contribution < -0.4 is 10.1 Å². The lowest BCUT2D eigenvalue weighted by molar-refractivity contribution is -0.144. The van der Waals surface area contributed by atoms with Gasteiger partial charge in [0.05, 0.1) is 16.7 Å². The summed E-state index contributed by atoms with van der Waals surface area (Å²) in [6.45, 7) is 5.15. The standard InChI is InChI=1S/C35H39Cl3N2O3/c1-21(20-43-30-11-16-39-29-8-3-5-22(2)31(29)30)17-23-18-26-27(9-10-28(37)32(26)38)34(23)12-14-35(15-13-34,33(41)42)40-25-7-4-6-24(36)19-25/h4,6-7,9-11,16,19,21-23,40H,3,5,8,12-15,17-18,20H2,1-2H3,(H,41,42)/t21-,22-,23-,34?,35?/m1/s1. The van der Waals surface area contributed by atoms with E-state index >= 15 is 0 Å². The summed E-state index contributed by atoms with van der Waals surface area (Å²) >= 11 is 19.5. The SMILES string of the molecule is C[C@@H](COc1ccnc2c1[C@H](C)CCC2)C[C@@H]1Cc2c(ccc(Cl)c2Cl)C12CCC(Nc1cccc(Cl)c1)(C(=O)O)CC2. The number of anilines is 1. The largest absolute Gasteiger partial charge is 0.493 e. The number of aryl methyl sites for hydroxylation is 1. The maximum absolute atomic E-state index is 12.8. The Morgan fingerprint density at radius 2 is 1.93 bits per heavy atom. The van der Waals surface area contributed by atoms with E-state index in [1.165, 1.54) is 29.7 Å². The number of carbonyl (C=O) groups is 1. The third-order valence-corrected chi connectivity index (χ3v) is 11.4. The molecule has 0 saturated heterocycles. The number of carboxylic acids is 1. The highest BCUT2D eigenvalue weighted by molar-refractivity contribution is 6.42. The Kier molecular flexibility index (Phi) is 8.62. The third kappa shape index (κ3) is 5.74. The van der Waals surface area contributed by atoms with Gasteiger partial charge in [0, 0.05) is 28.2 Å². The second-order valence-electron chi connectivity index (χ2n) is 13.1. The van der Waals surface area contributed by atoms with Gasteiger partial charge in [0.2, 0.25) is 0 Å². The average Bonchev–Trinajstić information content (AvgIpc) is 3.28. The van der Waals surface area contributed by atoms with Crippen LogP contribution in [0.4, 0.5) is 5.69 Å². The van der Waals surface area contributed by atoms with Crippen LogP contribution in [0.15, 0.2) is 48.7 Å². The maximum Gasteiger partial charge on any atom is 0.329 e. The number of aliphatic carboxylic acids is 1. The Labute approximate surface area is 269 Å². The molecular formula is C35H39Cl3N2O3. The van der Waals surface area contributed by atoms with Gasteiger partial charge in [0.15, 0.2) is 0 Å². The van der Waals surface area contributed by atoms with E-state index in [-0.39, 0.29) is 5.41 Å². The number of benzene rings is 2. The van der Waals surface area contributed by atoms with Gasteiger partial charge in [-0.3, -0.25) is 4.98 Å². The number of hydrogen-bond donors (Lipinski definition) is 2. The first-order valence-electron chi connectivity index (χ1n) is 15.5. The first-order chi connectivity index (χ1) is 20.6. The molecule has 1 saturated carbocycles. The molecule has 3 aliphatic carbocycles. The van der Waals surface area contributed by atoms with Gasteiger partial charge in [-0.15, -0.1) is 0 Å². The first-order valence-corrected chi connectivity index (χ1v) is 16.6. The summed E-state index contributed by atoms with van der Waals surface area (Å²) < 4.78 is 6.50. The number of nitrogens with one attached hydrogen (secondary N) is 1. The van der Waals surface area contributed by atoms with Crippen LogP contribution in [0.1, 0.15) is 87.1 Å². The van der Waals surface area contributed by atoms with E-state index in [1.54, 1.807) is 12.1 Å². The van der Waals surface area contributed by atoms with Gasteiger partial charge in [-0.2, -0.15) is 0 Å². The summed E-state index contributed by atoms with van der Waals surface area (Å²) in [6.07, 6.45) is 9.50. The number of pyridine rings is 1. The van der Waals surface area contributed by atoms with Crippen molar-refractivity contribution in [3.63, 3.8) is 0 Å². The zero-order chi connectivity index (χ0) is 30.4. The average molecular weight is 642 g/mol. The van der Waals surface area contributed by atoms with Crippen LogP contribution in [-0.4, -0.2) is 28.2 Å². The number of ether oxygens (including phenoxy) is 1. The molecule has 1 spiro atoms. The van der Waals surface area contributed by atoms with Gasteiger partial charge in [-0.05, 0) is 122 Å². The second-order valence-corrected chi connectivity index (χ2v) is 14.3. The van der Waals surface area contributed by atoms with Crippen molar-refractivity contribution in [3.8, 4) is 5.75 Å². The van der Waals surface area contributed by atoms with Gasteiger partial charge < -0.3 is 15.2 Å². The molecule has 0 bridgehead atoms. The second kappa shape index (κ2) is 12.1. The number of hydrogen-bond acceptors (Lipinski definition) is 4. The van der Waals surface area contributed by atoms with Crippen LogP contribution in [-0.2, 0) is 23.1 Å². The fourth-order valence-electron chi connectivity index (χ4n) is 8.12. The zero-order valence-corrected chi connectivity index (χ0v) is 27.0. The molecule has 0 unspecified atom stereocenters. The minimum atomic E-state index is -1.06. The highest BCUT2D eigenvalue weighted by Gasteiger charge is 2.54. The highest BCUT2D eigenvalue weighted by atomic mass is 35.5. The number of aromatic nitrogens is 1. The van der Waals surface area contributed by atoms with Crippen molar-refractivity contribution in [2.24, 2.45) is 11.8 Å². The molecule has 43 heavy (non-hydrogen) atoms. The molecule has 2 aromatic carbocycles. The molecule has 0 amide bonds. The lowest BCUT2D eigenvalue weighted by Gasteiger charge is -2.47. The molecule has 3 aromatic rings. The van der Waals surface area contributed by atoms with E-state index in [4.69, 9.17) is 39.5 Å². The quantitative estimate of drug-likeness (QED) is 0.256. The number of rotatable bonds is 8. The van der Waals surface area contributed by atoms with Crippen LogP contribution in [0.2, 0.25) is 15.1 Å². The maximum atomic E-state index is 12.8. The van der Waals surface area contributed by atoms with Gasteiger partial charge in [-0.25, -0.2) is 4.79 Å². The smallest absolute Gasteiger partial charge is 0.329 e. The van der Waals surface area contributed by atoms with Crippen LogP contribution in [0.5, 0.6) is 5.75 Å². The fraction of sp³-hybridized carbons (Fsp3) is 0.486. The molecule has 6 rings (SSSR count). The number of halogens is 3. The fourth-order valence-corrected chi connectivity index (χ4v) is 8.73. The van der Waals surface area contributed by atoms with E-state index in [1.807, 2.05) is 30.5 Å². The van der Waals surface area contributed by atoms with E-state index < -0.39 is 11.5 Å². The Morgan fingerprint density at radius 1 is 1.14 bits per heavy atom. The van der Waals surface area contributed by atoms with Crippen LogP contribution in [0.3, 0.4) is 0 Å². The van der Waals surface area contributed by atoms with E-state index in [2.05, 4.69) is 30.2 Å². The predicted octanol–water partition coefficient (Wildman–Crippen LogP) is 9.51. The lowest BCUT2D eigenvalue weighted by atomic mass is 9.59. The predicted molar refractivity (Wildman–Crippen MR) is 174 cm³/mol. The molecule has 228 valence electrons. The van der Waals surface area contributed by atoms with Crippen molar-refractivity contribution in [1.29, 1.82) is 0 Å². The molecule has 1 aromatic heterocycles. The molecule has 3 atom stereocenters. The van der Waals surface area contributed by atoms with Crippen molar-refractivity contribution in [3.05, 3.63) is 86.1 Å². The molecule has 3 aliphatic rings. The van der Waals surface area contributed by atoms with E-state index in [9.17, 15) is 9.90 Å². The minimum Gasteiger partial charge on any atom is -0.493 e. The zero-order valence-electron chi connectivity index (χ0n) is 24.8. The molecule has 5 nitrogen and oxygen atoms in total. The molecule has 8 heteroatoms. The minimum absolute atomic E-state index is 0.170. The van der Waals surface area contributed by atoms with E-state index in [0.29, 0.717) is 52.3 Å². The third-order valence-electron chi connectivity index (χ3n) is 10.4. The summed E-state index contributed by atoms with van der Waals surface area (Å²) in [6, 6.07) is 13.3. The normalized spacial score (nSPS) is 26.9. The van der Waals surface area contributed by atoms with Crippen LogP contribution >= 0.6 is 34.8 Å². The monoisotopic (exact) mass is 640 g/mol. The summed E-state index contributed by atoms with van der Waals surface area (Å²) in [7, 11) is 0. The van der Waals surface area contributed by atoms with Crippen molar-refractivity contribution in [1.82, 2.24) is 4.98 Å². The Bertz CT molecular complexity index is 1520. The Morgan fingerprint density at radius 3 is 2.67 bits per heavy atom. The van der Waals surface area contributed by atoms with Crippen molar-refractivity contribution in [2.45, 2.75) is 88.5 Å². The van der Waals surface area contributed by atoms with Gasteiger partial charge in [0.1, 0.15) is 11.3 Å². The number of nitrogens with zero attached hydrogens (tertiary/aromatic N) is 1. The van der Waals surface area contributed by atoms with Gasteiger partial charge in [0.25, 0.3) is 0 Å². The topological polar surface area (TPSA) is 71.5 Å². The Balaban J connectivity index is 1.23. The molecule has 0 radical (unpaired) electrons. The molecule has 1 heterocycles. The van der Waals surface area contributed by atoms with Crippen molar-refractivity contribution < 1.29 is 14.6 Å². The highest BCUT2D eigenvalue weighted by Crippen LogP contribution is 2.58. The molecular weight excluding hydrogens is 603 g/mol. The molecule has 1 fully saturated rings. The molecule has 2 N–H and O–H groups in total. The number of fused-ring (bicyclic) bond motifs is 3. The van der Waals surface area contributed by atoms with Gasteiger partial charge in [-0.1, -0.05) is 60.8 Å². The van der Waals surface area contributed by atoms with Gasteiger partial charge >= 0.3 is 5.97 Å². The summed E-state index contributed by atoms with van der Waals surface area (Å²) in [5.74, 6) is 1.20. The van der Waals surface area contributed by atoms with E-state index in [0.717, 1.165) is 49.1 Å². The Hall–Kier alpha value is -2.47. The molecule has 0 aliphatic heterocycles. The summed E-state index contributed by atoms with van der Waals surface area (Å²) in [5.41, 5.74) is 4.30. The lowest BCUT2D eigenvalue weighted by Crippen LogP contribution is -2.53. The summed E-state index contributed by atoms with van der Waals surface area (Å²) in [4.78, 5) is 17.4. The van der Waals surface area contributed by atoms with Crippen molar-refractivity contribution in [2.75, 3.05) is 11.9 Å². The van der Waals surface area contributed by atoms with Crippen molar-refractivity contribution >= 4 is 46.5 Å². The van der Waals surface area contributed by atoms with Crippen LogP contribution in [0, 0.1) is 11.8 Å². The number of carboxylic acid groups (broad SMARTS) is 1. The van der Waals surface area contributed by atoms with Crippen LogP contribution in [0.25, 0.3) is 0 Å². The first kappa shape index (κ1) is 30.6. The summed E-state index contributed by atoms with van der Waals surface area (Å²) in [5, 5.41) is 15.6.